The number of carboxylic acid groups (broad SMARTS) is 2. The number of carboxylic acids is 2. The van der Waals surface area contributed by atoms with Crippen LogP contribution in [0, 0.1) is 0 Å². The minimum Gasteiger partial charge on any atom is -0.477 e. The highest BCUT2D eigenvalue weighted by molar-refractivity contribution is 6.12. The van der Waals surface area contributed by atoms with Crippen molar-refractivity contribution in [3.8, 4) is 0 Å². The average Bonchev–Trinajstić information content (AvgIpc) is 1.96. The van der Waals surface area contributed by atoms with Gasteiger partial charge in [-0.1, -0.05) is 6.08 Å². The first-order valence-corrected chi connectivity index (χ1v) is 2.88. The number of carbonyl (C=O) groups excluding carboxylic acids is 1. The maximum atomic E-state index is 10.2. The first kappa shape index (κ1) is 10.1. The number of hydrogen-bond acceptors (Lipinski definition) is 3. The van der Waals surface area contributed by atoms with Crippen molar-refractivity contribution < 1.29 is 24.6 Å². The number of carbonyl (C=O) groups is 3. The molecule has 0 rings (SSSR count). The van der Waals surface area contributed by atoms with E-state index in [1.807, 2.05) is 0 Å². The van der Waals surface area contributed by atoms with Crippen LogP contribution in [0.2, 0.25) is 0 Å². The van der Waals surface area contributed by atoms with Crippen LogP contribution in [0.25, 0.3) is 0 Å². The molecule has 0 aliphatic rings. The van der Waals surface area contributed by atoms with Gasteiger partial charge in [-0.2, -0.15) is 0 Å². The van der Waals surface area contributed by atoms with E-state index < -0.39 is 17.5 Å². The van der Waals surface area contributed by atoms with Gasteiger partial charge in [0.2, 0.25) is 0 Å². The molecule has 2 N–H and O–H groups in total. The molecule has 0 unspecified atom stereocenters. The molecule has 0 amide bonds. The van der Waals surface area contributed by atoms with Crippen LogP contribution in [0.1, 0.15) is 0 Å². The minimum atomic E-state index is -1.54. The van der Waals surface area contributed by atoms with Gasteiger partial charge >= 0.3 is 11.9 Å². The van der Waals surface area contributed by atoms with Gasteiger partial charge in [-0.05, 0) is 12.2 Å². The molecular formula is C7H6O5. The Bertz CT molecular complexity index is 245. The summed E-state index contributed by atoms with van der Waals surface area (Å²) in [7, 11) is 0. The van der Waals surface area contributed by atoms with Gasteiger partial charge in [0.25, 0.3) is 0 Å². The van der Waals surface area contributed by atoms with Crippen molar-refractivity contribution in [2.45, 2.75) is 0 Å². The van der Waals surface area contributed by atoms with Crippen LogP contribution in [-0.2, 0) is 14.4 Å². The average molecular weight is 170 g/mol. The van der Waals surface area contributed by atoms with Gasteiger partial charge in [0.1, 0.15) is 11.9 Å². The van der Waals surface area contributed by atoms with Crippen LogP contribution in [0.3, 0.4) is 0 Å². The standard InChI is InChI=1S/C7H6O5/c8-4-2-1-3-5(6(9)10)7(11)12/h1-4H,(H,9,10)(H,11,12). The SMILES string of the molecule is O=CC=CC=C(C(=O)O)C(=O)O. The maximum absolute atomic E-state index is 10.2. The van der Waals surface area contributed by atoms with Gasteiger partial charge < -0.3 is 10.2 Å². The Labute approximate surface area is 67.6 Å². The quantitative estimate of drug-likeness (QED) is 0.201. The molecular weight excluding hydrogens is 164 g/mol. The summed E-state index contributed by atoms with van der Waals surface area (Å²) in [4.78, 5) is 30.0. The minimum absolute atomic E-state index is 0.415. The zero-order chi connectivity index (χ0) is 9.56. The van der Waals surface area contributed by atoms with Crippen molar-refractivity contribution in [2.24, 2.45) is 0 Å². The number of aliphatic carboxylic acids is 2. The molecule has 5 heteroatoms. The summed E-state index contributed by atoms with van der Waals surface area (Å²) < 4.78 is 0. The predicted octanol–water partition coefficient (Wildman–Crippen LogP) is -0.163. The molecule has 0 heterocycles. The lowest BCUT2D eigenvalue weighted by Gasteiger charge is -1.90. The van der Waals surface area contributed by atoms with Crippen LogP contribution >= 0.6 is 0 Å². The Morgan fingerprint density at radius 2 is 1.50 bits per heavy atom. The summed E-state index contributed by atoms with van der Waals surface area (Å²) in [5.74, 6) is -3.09. The third-order valence-corrected chi connectivity index (χ3v) is 0.913. The second-order valence-corrected chi connectivity index (χ2v) is 1.71. The third kappa shape index (κ3) is 3.31. The summed E-state index contributed by atoms with van der Waals surface area (Å²) in [6, 6.07) is 0. The molecule has 0 aliphatic heterocycles. The van der Waals surface area contributed by atoms with Crippen molar-refractivity contribution in [1.29, 1.82) is 0 Å². The number of hydrogen-bond donors (Lipinski definition) is 2. The molecule has 0 radical (unpaired) electrons. The Balaban J connectivity index is 4.61. The van der Waals surface area contributed by atoms with Gasteiger partial charge in [0, 0.05) is 0 Å². The molecule has 0 aliphatic carbocycles. The molecule has 0 aromatic rings. The lowest BCUT2D eigenvalue weighted by molar-refractivity contribution is -0.140. The molecule has 5 nitrogen and oxygen atoms in total. The van der Waals surface area contributed by atoms with E-state index in [1.54, 1.807) is 0 Å². The lowest BCUT2D eigenvalue weighted by Crippen LogP contribution is -2.10. The summed E-state index contributed by atoms with van der Waals surface area (Å²) in [6.07, 6.45) is 3.29. The lowest BCUT2D eigenvalue weighted by atomic mass is 10.2. The van der Waals surface area contributed by atoms with E-state index in [4.69, 9.17) is 10.2 Å². The fourth-order valence-electron chi connectivity index (χ4n) is 0.431. The van der Waals surface area contributed by atoms with Gasteiger partial charge in [-0.15, -0.1) is 0 Å². The monoisotopic (exact) mass is 170 g/mol. The van der Waals surface area contributed by atoms with Crippen LogP contribution in [0.15, 0.2) is 23.8 Å². The summed E-state index contributed by atoms with van der Waals surface area (Å²) in [5.41, 5.74) is -0.784. The molecule has 0 aromatic heterocycles. The zero-order valence-corrected chi connectivity index (χ0v) is 5.93. The molecule has 0 aromatic carbocycles. The Hall–Kier alpha value is -1.91. The second kappa shape index (κ2) is 4.84. The Kier molecular flexibility index (Phi) is 4.07. The first-order chi connectivity index (χ1) is 5.59. The number of allylic oxidation sites excluding steroid dienone is 3. The van der Waals surface area contributed by atoms with Crippen LogP contribution in [0.5, 0.6) is 0 Å². The van der Waals surface area contributed by atoms with Crippen molar-refractivity contribution in [2.75, 3.05) is 0 Å². The van der Waals surface area contributed by atoms with Gasteiger partial charge in [0.05, 0.1) is 0 Å². The van der Waals surface area contributed by atoms with Gasteiger partial charge in [-0.25, -0.2) is 9.59 Å². The molecule has 0 spiro atoms. The summed E-state index contributed by atoms with van der Waals surface area (Å²) in [6.45, 7) is 0. The highest BCUT2D eigenvalue weighted by Crippen LogP contribution is 1.94. The maximum Gasteiger partial charge on any atom is 0.343 e. The highest BCUT2D eigenvalue weighted by atomic mass is 16.4. The molecule has 0 saturated carbocycles. The molecule has 64 valence electrons. The van der Waals surface area contributed by atoms with Crippen molar-refractivity contribution >= 4 is 18.2 Å². The fraction of sp³-hybridized carbons (Fsp3) is 0. The van der Waals surface area contributed by atoms with Crippen molar-refractivity contribution in [3.05, 3.63) is 23.8 Å². The zero-order valence-electron chi connectivity index (χ0n) is 5.93. The molecule has 12 heavy (non-hydrogen) atoms. The smallest absolute Gasteiger partial charge is 0.343 e. The largest absolute Gasteiger partial charge is 0.477 e. The summed E-state index contributed by atoms with van der Waals surface area (Å²) >= 11 is 0. The van der Waals surface area contributed by atoms with E-state index >= 15 is 0 Å². The van der Waals surface area contributed by atoms with Crippen LogP contribution in [-0.4, -0.2) is 28.4 Å². The normalized spacial score (nSPS) is 9.33. The van der Waals surface area contributed by atoms with Crippen molar-refractivity contribution in [1.82, 2.24) is 0 Å². The number of aldehydes is 1. The van der Waals surface area contributed by atoms with E-state index in [-0.39, 0.29) is 0 Å². The molecule has 0 saturated heterocycles. The Morgan fingerprint density at radius 3 is 1.83 bits per heavy atom. The Morgan fingerprint density at radius 1 is 1.00 bits per heavy atom. The van der Waals surface area contributed by atoms with E-state index in [9.17, 15) is 14.4 Å². The highest BCUT2D eigenvalue weighted by Gasteiger charge is 2.13. The summed E-state index contributed by atoms with van der Waals surface area (Å²) in [5, 5.41) is 16.5. The fourth-order valence-corrected chi connectivity index (χ4v) is 0.431. The van der Waals surface area contributed by atoms with E-state index in [0.717, 1.165) is 18.2 Å². The number of rotatable bonds is 4. The topological polar surface area (TPSA) is 91.7 Å². The van der Waals surface area contributed by atoms with Crippen molar-refractivity contribution in [3.63, 3.8) is 0 Å². The predicted molar refractivity (Wildman–Crippen MR) is 38.6 cm³/mol. The van der Waals surface area contributed by atoms with Crippen LogP contribution in [0.4, 0.5) is 0 Å². The molecule has 0 fully saturated rings. The molecule has 0 atom stereocenters. The first-order valence-electron chi connectivity index (χ1n) is 2.88. The second-order valence-electron chi connectivity index (χ2n) is 1.71. The van der Waals surface area contributed by atoms with Gasteiger partial charge in [-0.3, -0.25) is 4.79 Å². The van der Waals surface area contributed by atoms with E-state index in [1.165, 1.54) is 0 Å². The van der Waals surface area contributed by atoms with Crippen LogP contribution < -0.4 is 0 Å². The third-order valence-electron chi connectivity index (χ3n) is 0.913. The van der Waals surface area contributed by atoms with E-state index in [0.29, 0.717) is 6.29 Å². The van der Waals surface area contributed by atoms with Gasteiger partial charge in [0.15, 0.2) is 0 Å². The van der Waals surface area contributed by atoms with E-state index in [2.05, 4.69) is 0 Å². The molecule has 0 bridgehead atoms.